The standard InChI is InChI=1S/C28H31N3O4/c1-28(2,3)31-27(34)24(18-19-10-6-5-7-11-19)30-26(33)22-12-8-9-13-23(22)29-25(32)20-14-16-21(35-4)17-15-20/h5-17,24H,18H2,1-4H3,(H,29,32)(H,30,33)(H,31,34). The van der Waals surface area contributed by atoms with Gasteiger partial charge in [-0.3, -0.25) is 14.4 Å². The molecule has 0 spiro atoms. The van der Waals surface area contributed by atoms with E-state index in [1.807, 2.05) is 51.1 Å². The van der Waals surface area contributed by atoms with Crippen molar-refractivity contribution in [1.82, 2.24) is 10.6 Å². The largest absolute Gasteiger partial charge is 0.497 e. The number of para-hydroxylation sites is 1. The Labute approximate surface area is 205 Å². The summed E-state index contributed by atoms with van der Waals surface area (Å²) in [6.07, 6.45) is 0.328. The molecule has 0 aliphatic carbocycles. The van der Waals surface area contributed by atoms with Crippen molar-refractivity contribution in [3.8, 4) is 5.75 Å². The Morgan fingerprint density at radius 1 is 0.829 bits per heavy atom. The fourth-order valence-electron chi connectivity index (χ4n) is 3.48. The van der Waals surface area contributed by atoms with Crippen molar-refractivity contribution in [2.24, 2.45) is 0 Å². The number of hydrogen-bond acceptors (Lipinski definition) is 4. The molecule has 3 aromatic carbocycles. The molecule has 3 amide bonds. The average molecular weight is 474 g/mol. The summed E-state index contributed by atoms with van der Waals surface area (Å²) in [5, 5.41) is 8.59. The molecule has 0 fully saturated rings. The first-order valence-electron chi connectivity index (χ1n) is 11.4. The maximum atomic E-state index is 13.3. The van der Waals surface area contributed by atoms with Gasteiger partial charge in [-0.05, 0) is 62.7 Å². The zero-order valence-electron chi connectivity index (χ0n) is 20.4. The number of carbonyl (C=O) groups excluding carboxylic acids is 3. The molecule has 0 aliphatic rings. The SMILES string of the molecule is COc1ccc(C(=O)Nc2ccccc2C(=O)NC(Cc2ccccc2)C(=O)NC(C)(C)C)cc1. The number of ether oxygens (including phenoxy) is 1. The van der Waals surface area contributed by atoms with Crippen LogP contribution in [-0.4, -0.2) is 36.4 Å². The summed E-state index contributed by atoms with van der Waals surface area (Å²) in [6, 6.07) is 22.1. The van der Waals surface area contributed by atoms with Crippen LogP contribution < -0.4 is 20.7 Å². The van der Waals surface area contributed by atoms with Crippen LogP contribution in [0.1, 0.15) is 47.1 Å². The van der Waals surface area contributed by atoms with Gasteiger partial charge in [0.05, 0.1) is 18.4 Å². The van der Waals surface area contributed by atoms with Crippen LogP contribution in [0.3, 0.4) is 0 Å². The van der Waals surface area contributed by atoms with Crippen molar-refractivity contribution in [2.45, 2.75) is 38.8 Å². The molecule has 0 bridgehead atoms. The van der Waals surface area contributed by atoms with Gasteiger partial charge in [-0.15, -0.1) is 0 Å². The topological polar surface area (TPSA) is 96.5 Å². The van der Waals surface area contributed by atoms with Gasteiger partial charge in [0.2, 0.25) is 5.91 Å². The summed E-state index contributed by atoms with van der Waals surface area (Å²) in [5.74, 6) is -0.464. The molecule has 1 atom stereocenters. The number of rotatable bonds is 8. The lowest BCUT2D eigenvalue weighted by Crippen LogP contribution is -2.53. The van der Waals surface area contributed by atoms with E-state index in [4.69, 9.17) is 4.74 Å². The second kappa shape index (κ2) is 11.3. The van der Waals surface area contributed by atoms with Gasteiger partial charge in [0, 0.05) is 17.5 Å². The van der Waals surface area contributed by atoms with E-state index in [1.54, 1.807) is 55.6 Å². The van der Waals surface area contributed by atoms with Crippen LogP contribution in [0.2, 0.25) is 0 Å². The summed E-state index contributed by atoms with van der Waals surface area (Å²) in [7, 11) is 1.55. The third-order valence-corrected chi connectivity index (χ3v) is 5.17. The number of methoxy groups -OCH3 is 1. The van der Waals surface area contributed by atoms with E-state index in [0.717, 1.165) is 5.56 Å². The van der Waals surface area contributed by atoms with Gasteiger partial charge in [0.25, 0.3) is 11.8 Å². The first-order chi connectivity index (χ1) is 16.7. The number of amides is 3. The number of nitrogens with one attached hydrogen (secondary N) is 3. The van der Waals surface area contributed by atoms with Crippen molar-refractivity contribution in [3.05, 3.63) is 95.6 Å². The van der Waals surface area contributed by atoms with Gasteiger partial charge >= 0.3 is 0 Å². The van der Waals surface area contributed by atoms with E-state index in [1.165, 1.54) is 0 Å². The molecule has 3 aromatic rings. The highest BCUT2D eigenvalue weighted by Crippen LogP contribution is 2.18. The average Bonchev–Trinajstić information content (AvgIpc) is 2.83. The van der Waals surface area contributed by atoms with Crippen LogP contribution >= 0.6 is 0 Å². The van der Waals surface area contributed by atoms with E-state index in [9.17, 15) is 14.4 Å². The van der Waals surface area contributed by atoms with Gasteiger partial charge in [0.15, 0.2) is 0 Å². The summed E-state index contributed by atoms with van der Waals surface area (Å²) in [5.41, 5.74) is 1.49. The Morgan fingerprint density at radius 3 is 2.09 bits per heavy atom. The van der Waals surface area contributed by atoms with Gasteiger partial charge < -0.3 is 20.7 Å². The van der Waals surface area contributed by atoms with Crippen LogP contribution in [0.5, 0.6) is 5.75 Å². The predicted molar refractivity (Wildman–Crippen MR) is 137 cm³/mol. The van der Waals surface area contributed by atoms with E-state index in [0.29, 0.717) is 23.4 Å². The van der Waals surface area contributed by atoms with Crippen LogP contribution in [0.25, 0.3) is 0 Å². The quantitative estimate of drug-likeness (QED) is 0.457. The summed E-state index contributed by atoms with van der Waals surface area (Å²) >= 11 is 0. The third-order valence-electron chi connectivity index (χ3n) is 5.17. The lowest BCUT2D eigenvalue weighted by molar-refractivity contribution is -0.124. The highest BCUT2D eigenvalue weighted by Gasteiger charge is 2.26. The van der Waals surface area contributed by atoms with Crippen molar-refractivity contribution in [2.75, 3.05) is 12.4 Å². The van der Waals surface area contributed by atoms with E-state index in [2.05, 4.69) is 16.0 Å². The number of anilines is 1. The molecule has 0 heterocycles. The molecular formula is C28H31N3O4. The molecular weight excluding hydrogens is 442 g/mol. The van der Waals surface area contributed by atoms with Crippen molar-refractivity contribution >= 4 is 23.4 Å². The first-order valence-corrected chi connectivity index (χ1v) is 11.4. The molecule has 7 nitrogen and oxygen atoms in total. The van der Waals surface area contributed by atoms with Gasteiger partial charge in [-0.2, -0.15) is 0 Å². The van der Waals surface area contributed by atoms with E-state index >= 15 is 0 Å². The smallest absolute Gasteiger partial charge is 0.255 e. The molecule has 182 valence electrons. The Bertz CT molecular complexity index is 1170. The van der Waals surface area contributed by atoms with Crippen LogP contribution in [0.4, 0.5) is 5.69 Å². The van der Waals surface area contributed by atoms with Gasteiger partial charge in [0.1, 0.15) is 11.8 Å². The van der Waals surface area contributed by atoms with Crippen molar-refractivity contribution < 1.29 is 19.1 Å². The zero-order chi connectivity index (χ0) is 25.4. The molecule has 3 N–H and O–H groups in total. The lowest BCUT2D eigenvalue weighted by atomic mass is 10.0. The lowest BCUT2D eigenvalue weighted by Gasteiger charge is -2.26. The minimum absolute atomic E-state index is 0.260. The van der Waals surface area contributed by atoms with E-state index in [-0.39, 0.29) is 17.4 Å². The molecule has 35 heavy (non-hydrogen) atoms. The van der Waals surface area contributed by atoms with Crippen molar-refractivity contribution in [3.63, 3.8) is 0 Å². The minimum atomic E-state index is -0.797. The second-order valence-electron chi connectivity index (χ2n) is 9.18. The number of carbonyl (C=O) groups is 3. The van der Waals surface area contributed by atoms with Crippen LogP contribution in [0, 0.1) is 0 Å². The summed E-state index contributed by atoms with van der Waals surface area (Å²) in [6.45, 7) is 5.66. The molecule has 0 aliphatic heterocycles. The third kappa shape index (κ3) is 7.43. The molecule has 0 radical (unpaired) electrons. The summed E-state index contributed by atoms with van der Waals surface area (Å²) in [4.78, 5) is 39.1. The monoisotopic (exact) mass is 473 g/mol. The Kier molecular flexibility index (Phi) is 8.25. The molecule has 7 heteroatoms. The molecule has 3 rings (SSSR count). The molecule has 1 unspecified atom stereocenters. The number of hydrogen-bond donors (Lipinski definition) is 3. The Hall–Kier alpha value is -4.13. The molecule has 0 aromatic heterocycles. The van der Waals surface area contributed by atoms with Crippen LogP contribution in [-0.2, 0) is 11.2 Å². The maximum absolute atomic E-state index is 13.3. The van der Waals surface area contributed by atoms with Crippen molar-refractivity contribution in [1.29, 1.82) is 0 Å². The van der Waals surface area contributed by atoms with E-state index < -0.39 is 17.5 Å². The number of benzene rings is 3. The first kappa shape index (κ1) is 25.5. The van der Waals surface area contributed by atoms with Crippen LogP contribution in [0.15, 0.2) is 78.9 Å². The highest BCUT2D eigenvalue weighted by molar-refractivity contribution is 6.09. The zero-order valence-corrected chi connectivity index (χ0v) is 20.4. The molecule has 0 saturated carbocycles. The molecule has 0 saturated heterocycles. The minimum Gasteiger partial charge on any atom is -0.497 e. The highest BCUT2D eigenvalue weighted by atomic mass is 16.5. The maximum Gasteiger partial charge on any atom is 0.255 e. The predicted octanol–water partition coefficient (Wildman–Crippen LogP) is 4.20. The fourth-order valence-corrected chi connectivity index (χ4v) is 3.48. The Balaban J connectivity index is 1.80. The fraction of sp³-hybridized carbons (Fsp3) is 0.250. The second-order valence-corrected chi connectivity index (χ2v) is 9.18. The Morgan fingerprint density at radius 2 is 1.46 bits per heavy atom. The van der Waals surface area contributed by atoms with Gasteiger partial charge in [-0.1, -0.05) is 42.5 Å². The normalized spacial score (nSPS) is 11.8. The van der Waals surface area contributed by atoms with Gasteiger partial charge in [-0.25, -0.2) is 0 Å². The summed E-state index contributed by atoms with van der Waals surface area (Å²) < 4.78 is 5.13.